The van der Waals surface area contributed by atoms with Crippen molar-refractivity contribution in [2.24, 2.45) is 0 Å². The minimum atomic E-state index is -0.289. The van der Waals surface area contributed by atoms with Crippen LogP contribution in [0, 0.1) is 4.77 Å². The van der Waals surface area contributed by atoms with E-state index in [-0.39, 0.29) is 12.5 Å². The maximum Gasteiger partial charge on any atom is 0.253 e. The van der Waals surface area contributed by atoms with E-state index in [0.29, 0.717) is 32.7 Å². The summed E-state index contributed by atoms with van der Waals surface area (Å²) in [7, 11) is 0. The Kier molecular flexibility index (Phi) is 4.80. The number of halogens is 2. The molecule has 0 spiro atoms. The van der Waals surface area contributed by atoms with Gasteiger partial charge in [0.05, 0.1) is 17.1 Å². The standard InChI is InChI=1S/C12H12Cl2N4OS/c1-2-18-10(16-17-12(18)20)6-15-11(19)8-4-3-7(13)5-9(8)14/h3-5H,2,6H2,1H3,(H,15,19)(H,17,20). The summed E-state index contributed by atoms with van der Waals surface area (Å²) >= 11 is 16.8. The van der Waals surface area contributed by atoms with Gasteiger partial charge in [-0.05, 0) is 37.3 Å². The van der Waals surface area contributed by atoms with Crippen LogP contribution in [0.1, 0.15) is 23.1 Å². The van der Waals surface area contributed by atoms with Gasteiger partial charge in [-0.25, -0.2) is 0 Å². The van der Waals surface area contributed by atoms with E-state index >= 15 is 0 Å². The first-order valence-corrected chi connectivity index (χ1v) is 7.06. The van der Waals surface area contributed by atoms with E-state index in [9.17, 15) is 4.79 Å². The number of nitrogens with one attached hydrogen (secondary N) is 2. The molecule has 20 heavy (non-hydrogen) atoms. The van der Waals surface area contributed by atoms with E-state index in [4.69, 9.17) is 35.4 Å². The van der Waals surface area contributed by atoms with Crippen molar-refractivity contribution in [2.45, 2.75) is 20.0 Å². The van der Waals surface area contributed by atoms with Gasteiger partial charge in [-0.1, -0.05) is 23.2 Å². The Bertz CT molecular complexity index is 695. The predicted octanol–water partition coefficient (Wildman–Crippen LogP) is 3.20. The number of benzene rings is 1. The van der Waals surface area contributed by atoms with Crippen LogP contribution >= 0.6 is 35.4 Å². The number of hydrogen-bond acceptors (Lipinski definition) is 3. The monoisotopic (exact) mass is 330 g/mol. The molecular weight excluding hydrogens is 319 g/mol. The molecule has 0 bridgehead atoms. The number of rotatable bonds is 4. The van der Waals surface area contributed by atoms with Gasteiger partial charge in [0, 0.05) is 11.6 Å². The van der Waals surface area contributed by atoms with E-state index in [1.54, 1.807) is 16.7 Å². The summed E-state index contributed by atoms with van der Waals surface area (Å²) in [6.07, 6.45) is 0. The summed E-state index contributed by atoms with van der Waals surface area (Å²) in [5.74, 6) is 0.374. The van der Waals surface area contributed by atoms with Crippen molar-refractivity contribution in [1.82, 2.24) is 20.1 Å². The fourth-order valence-electron chi connectivity index (χ4n) is 1.74. The Morgan fingerprint density at radius 2 is 2.25 bits per heavy atom. The molecule has 0 aliphatic rings. The Morgan fingerprint density at radius 1 is 1.50 bits per heavy atom. The molecule has 1 aromatic carbocycles. The molecule has 2 aromatic rings. The Labute approximate surface area is 130 Å². The van der Waals surface area contributed by atoms with Gasteiger partial charge in [0.2, 0.25) is 0 Å². The second kappa shape index (κ2) is 6.39. The van der Waals surface area contributed by atoms with Crippen molar-refractivity contribution in [3.05, 3.63) is 44.4 Å². The molecule has 0 radical (unpaired) electrons. The smallest absolute Gasteiger partial charge is 0.253 e. The highest BCUT2D eigenvalue weighted by Crippen LogP contribution is 2.20. The van der Waals surface area contributed by atoms with Crippen LogP contribution in [0.2, 0.25) is 10.0 Å². The molecule has 1 amide bonds. The van der Waals surface area contributed by atoms with Gasteiger partial charge in [-0.3, -0.25) is 9.89 Å². The van der Waals surface area contributed by atoms with Crippen LogP contribution < -0.4 is 5.32 Å². The molecule has 2 N–H and O–H groups in total. The third kappa shape index (κ3) is 3.20. The molecule has 0 saturated heterocycles. The van der Waals surface area contributed by atoms with Crippen LogP contribution in [-0.4, -0.2) is 20.7 Å². The molecule has 2 rings (SSSR count). The maximum atomic E-state index is 12.0. The van der Waals surface area contributed by atoms with Crippen LogP contribution in [0.15, 0.2) is 18.2 Å². The minimum absolute atomic E-state index is 0.263. The van der Waals surface area contributed by atoms with Gasteiger partial charge in [0.1, 0.15) is 0 Å². The number of H-pyrrole nitrogens is 1. The molecule has 0 saturated carbocycles. The number of nitrogens with zero attached hydrogens (tertiary/aromatic N) is 2. The highest BCUT2D eigenvalue weighted by atomic mass is 35.5. The van der Waals surface area contributed by atoms with Crippen molar-refractivity contribution >= 4 is 41.3 Å². The Hall–Kier alpha value is -1.37. The topological polar surface area (TPSA) is 62.7 Å². The zero-order chi connectivity index (χ0) is 14.7. The summed E-state index contributed by atoms with van der Waals surface area (Å²) in [6.45, 7) is 2.90. The first kappa shape index (κ1) is 15.0. The zero-order valence-corrected chi connectivity index (χ0v) is 12.9. The molecule has 0 unspecified atom stereocenters. The van der Waals surface area contributed by atoms with Crippen molar-refractivity contribution in [3.63, 3.8) is 0 Å². The fraction of sp³-hybridized carbons (Fsp3) is 0.250. The highest BCUT2D eigenvalue weighted by molar-refractivity contribution is 7.71. The summed E-state index contributed by atoms with van der Waals surface area (Å²) in [4.78, 5) is 12.0. The lowest BCUT2D eigenvalue weighted by Crippen LogP contribution is -2.25. The van der Waals surface area contributed by atoms with Gasteiger partial charge < -0.3 is 9.88 Å². The Balaban J connectivity index is 2.10. The lowest BCUT2D eigenvalue weighted by molar-refractivity contribution is 0.0949. The van der Waals surface area contributed by atoms with Crippen LogP contribution in [0.5, 0.6) is 0 Å². The van der Waals surface area contributed by atoms with Gasteiger partial charge in [0.15, 0.2) is 10.6 Å². The zero-order valence-electron chi connectivity index (χ0n) is 10.6. The first-order valence-electron chi connectivity index (χ1n) is 5.90. The molecule has 0 aliphatic carbocycles. The second-order valence-corrected chi connectivity index (χ2v) is 5.23. The molecule has 8 heteroatoms. The van der Waals surface area contributed by atoms with E-state index in [1.807, 2.05) is 6.92 Å². The number of carbonyl (C=O) groups is 1. The maximum absolute atomic E-state index is 12.0. The van der Waals surface area contributed by atoms with Crippen molar-refractivity contribution < 1.29 is 4.79 Å². The summed E-state index contributed by atoms with van der Waals surface area (Å²) < 4.78 is 2.33. The predicted molar refractivity (Wildman–Crippen MR) is 80.7 cm³/mol. The van der Waals surface area contributed by atoms with Crippen LogP contribution in [-0.2, 0) is 13.1 Å². The average Bonchev–Trinajstić information content (AvgIpc) is 2.76. The fourth-order valence-corrected chi connectivity index (χ4v) is 2.51. The van der Waals surface area contributed by atoms with Gasteiger partial charge in [0.25, 0.3) is 5.91 Å². The highest BCUT2D eigenvalue weighted by Gasteiger charge is 2.12. The largest absolute Gasteiger partial charge is 0.345 e. The summed E-state index contributed by atoms with van der Waals surface area (Å²) in [5, 5.41) is 10.3. The third-order valence-corrected chi connectivity index (χ3v) is 3.60. The molecule has 1 heterocycles. The lowest BCUT2D eigenvalue weighted by atomic mass is 10.2. The molecule has 0 fully saturated rings. The van der Waals surface area contributed by atoms with E-state index in [2.05, 4.69) is 15.5 Å². The first-order chi connectivity index (χ1) is 9.52. The van der Waals surface area contributed by atoms with Gasteiger partial charge in [-0.2, -0.15) is 5.10 Å². The number of aromatic nitrogens is 3. The van der Waals surface area contributed by atoms with Crippen molar-refractivity contribution in [2.75, 3.05) is 0 Å². The summed E-state index contributed by atoms with van der Waals surface area (Å²) in [5.41, 5.74) is 0.369. The number of carbonyl (C=O) groups excluding carboxylic acids is 1. The van der Waals surface area contributed by atoms with Crippen LogP contribution in [0.3, 0.4) is 0 Å². The normalized spacial score (nSPS) is 10.6. The molecule has 0 aliphatic heterocycles. The minimum Gasteiger partial charge on any atom is -0.345 e. The van der Waals surface area contributed by atoms with Gasteiger partial charge >= 0.3 is 0 Å². The number of amides is 1. The lowest BCUT2D eigenvalue weighted by Gasteiger charge is -2.07. The number of aromatic amines is 1. The quantitative estimate of drug-likeness (QED) is 0.846. The Morgan fingerprint density at radius 3 is 2.90 bits per heavy atom. The average molecular weight is 331 g/mol. The second-order valence-electron chi connectivity index (χ2n) is 4.00. The van der Waals surface area contributed by atoms with E-state index in [1.165, 1.54) is 6.07 Å². The van der Waals surface area contributed by atoms with E-state index in [0.717, 1.165) is 0 Å². The third-order valence-electron chi connectivity index (χ3n) is 2.74. The van der Waals surface area contributed by atoms with Gasteiger partial charge in [-0.15, -0.1) is 0 Å². The van der Waals surface area contributed by atoms with Crippen molar-refractivity contribution in [1.29, 1.82) is 0 Å². The van der Waals surface area contributed by atoms with Crippen molar-refractivity contribution in [3.8, 4) is 0 Å². The van der Waals surface area contributed by atoms with Crippen LogP contribution in [0.4, 0.5) is 0 Å². The molecule has 106 valence electrons. The number of hydrogen-bond donors (Lipinski definition) is 2. The van der Waals surface area contributed by atoms with Crippen LogP contribution in [0.25, 0.3) is 0 Å². The molecule has 0 atom stereocenters. The van der Waals surface area contributed by atoms with E-state index < -0.39 is 0 Å². The molecular formula is C12H12Cl2N4OS. The molecule has 5 nitrogen and oxygen atoms in total. The molecule has 1 aromatic heterocycles. The SMILES string of the molecule is CCn1c(CNC(=O)c2ccc(Cl)cc2Cl)n[nH]c1=S. The summed E-state index contributed by atoms with van der Waals surface area (Å²) in [6, 6.07) is 4.72.